The zero-order valence-electron chi connectivity index (χ0n) is 23.3. The van der Waals surface area contributed by atoms with Crippen molar-refractivity contribution in [1.29, 1.82) is 0 Å². The molecule has 0 aromatic heterocycles. The monoisotopic (exact) mass is 549 g/mol. The van der Waals surface area contributed by atoms with E-state index < -0.39 is 23.7 Å². The average molecular weight is 550 g/mol. The molecule has 1 aliphatic heterocycles. The van der Waals surface area contributed by atoms with Gasteiger partial charge in [0, 0.05) is 29.5 Å². The minimum absolute atomic E-state index is 0.0531. The van der Waals surface area contributed by atoms with Crippen molar-refractivity contribution in [3.63, 3.8) is 0 Å². The number of rotatable bonds is 6. The lowest BCUT2D eigenvalue weighted by molar-refractivity contribution is -0.123. The molecule has 2 atom stereocenters. The molecule has 0 aliphatic carbocycles. The second-order valence-electron chi connectivity index (χ2n) is 11.6. The van der Waals surface area contributed by atoms with E-state index in [9.17, 15) is 14.0 Å². The van der Waals surface area contributed by atoms with Crippen LogP contribution in [0.3, 0.4) is 0 Å². The zero-order chi connectivity index (χ0) is 28.3. The van der Waals surface area contributed by atoms with E-state index in [4.69, 9.17) is 11.6 Å². The molecule has 3 aromatic rings. The highest BCUT2D eigenvalue weighted by atomic mass is 35.5. The number of piperidine rings is 1. The van der Waals surface area contributed by atoms with Crippen LogP contribution in [0.2, 0.25) is 5.02 Å². The molecule has 1 fully saturated rings. The predicted molar refractivity (Wildman–Crippen MR) is 157 cm³/mol. The summed E-state index contributed by atoms with van der Waals surface area (Å²) in [4.78, 5) is 29.2. The van der Waals surface area contributed by atoms with Gasteiger partial charge in [0.15, 0.2) is 0 Å². The first kappa shape index (κ1) is 28.6. The van der Waals surface area contributed by atoms with Gasteiger partial charge in [0.25, 0.3) is 5.91 Å². The van der Waals surface area contributed by atoms with Crippen molar-refractivity contribution in [2.45, 2.75) is 53.5 Å². The average Bonchev–Trinajstić information content (AvgIpc) is 2.89. The van der Waals surface area contributed by atoms with Gasteiger partial charge in [-0.05, 0) is 79.1 Å². The summed E-state index contributed by atoms with van der Waals surface area (Å²) in [7, 11) is 0. The van der Waals surface area contributed by atoms with Crippen LogP contribution in [0.25, 0.3) is 0 Å². The van der Waals surface area contributed by atoms with Crippen molar-refractivity contribution < 1.29 is 14.0 Å². The van der Waals surface area contributed by atoms with Gasteiger partial charge in [-0.15, -0.1) is 0 Å². The van der Waals surface area contributed by atoms with Crippen LogP contribution < -0.4 is 10.6 Å². The van der Waals surface area contributed by atoms with Crippen LogP contribution in [-0.2, 0) is 4.79 Å². The normalized spacial score (nSPS) is 17.6. The summed E-state index contributed by atoms with van der Waals surface area (Å²) < 4.78 is 14.9. The summed E-state index contributed by atoms with van der Waals surface area (Å²) in [6.45, 7) is 11.4. The quantitative estimate of drug-likeness (QED) is 0.330. The molecule has 1 aliphatic rings. The fraction of sp³-hybridized carbons (Fsp3) is 0.375. The predicted octanol–water partition coefficient (Wildman–Crippen LogP) is 7.79. The third-order valence-corrected chi connectivity index (χ3v) is 7.59. The molecular weight excluding hydrogens is 513 g/mol. The van der Waals surface area contributed by atoms with Gasteiger partial charge in [0.2, 0.25) is 5.91 Å². The number of likely N-dealkylation sites (tertiary alicyclic amines) is 1. The number of benzene rings is 3. The maximum Gasteiger partial charge on any atom is 0.257 e. The van der Waals surface area contributed by atoms with Gasteiger partial charge in [0.05, 0.1) is 17.5 Å². The Morgan fingerprint density at radius 2 is 1.69 bits per heavy atom. The molecule has 4 rings (SSSR count). The molecule has 0 unspecified atom stereocenters. The number of aryl methyl sites for hydroxylation is 2. The third kappa shape index (κ3) is 6.80. The van der Waals surface area contributed by atoms with E-state index in [1.165, 1.54) is 6.07 Å². The summed E-state index contributed by atoms with van der Waals surface area (Å²) in [6.07, 6.45) is 1.23. The summed E-state index contributed by atoms with van der Waals surface area (Å²) >= 11 is 6.29. The number of nitrogens with zero attached hydrogens (tertiary/aromatic N) is 1. The lowest BCUT2D eigenvalue weighted by atomic mass is 9.83. The van der Waals surface area contributed by atoms with E-state index in [2.05, 4.69) is 31.4 Å². The molecule has 5 nitrogen and oxygen atoms in total. The number of anilines is 2. The van der Waals surface area contributed by atoms with Crippen molar-refractivity contribution >= 4 is 34.8 Å². The molecule has 39 heavy (non-hydrogen) atoms. The van der Waals surface area contributed by atoms with E-state index in [0.29, 0.717) is 35.7 Å². The molecule has 0 bridgehead atoms. The summed E-state index contributed by atoms with van der Waals surface area (Å²) in [5.74, 6) is -1.68. The van der Waals surface area contributed by atoms with Gasteiger partial charge in [-0.1, -0.05) is 62.7 Å². The largest absolute Gasteiger partial charge is 0.385 e. The smallest absolute Gasteiger partial charge is 0.257 e. The minimum Gasteiger partial charge on any atom is -0.385 e. The molecule has 0 saturated carbocycles. The number of hydrogen-bond acceptors (Lipinski definition) is 3. The highest BCUT2D eigenvalue weighted by Gasteiger charge is 2.40. The lowest BCUT2D eigenvalue weighted by Gasteiger charge is -2.41. The third-order valence-electron chi connectivity index (χ3n) is 7.18. The maximum atomic E-state index is 14.9. The van der Waals surface area contributed by atoms with E-state index in [1.54, 1.807) is 30.0 Å². The second-order valence-corrected chi connectivity index (χ2v) is 12.0. The van der Waals surface area contributed by atoms with Crippen LogP contribution in [0.15, 0.2) is 60.7 Å². The summed E-state index contributed by atoms with van der Waals surface area (Å²) in [6, 6.07) is 17.4. The van der Waals surface area contributed by atoms with Crippen LogP contribution in [-0.4, -0.2) is 29.8 Å². The Morgan fingerprint density at radius 1 is 1.00 bits per heavy atom. The number of carbonyl (C=O) groups excluding carboxylic acids is 2. The van der Waals surface area contributed by atoms with Crippen LogP contribution in [0.5, 0.6) is 0 Å². The highest BCUT2D eigenvalue weighted by molar-refractivity contribution is 6.31. The van der Waals surface area contributed by atoms with Gasteiger partial charge >= 0.3 is 0 Å². The Balaban J connectivity index is 1.69. The van der Waals surface area contributed by atoms with Crippen LogP contribution in [0, 0.1) is 31.0 Å². The Bertz CT molecular complexity index is 1330. The number of carbonyl (C=O) groups is 2. The van der Waals surface area contributed by atoms with Crippen LogP contribution in [0.1, 0.15) is 66.7 Å². The van der Waals surface area contributed by atoms with Gasteiger partial charge < -0.3 is 15.5 Å². The van der Waals surface area contributed by atoms with E-state index >= 15 is 0 Å². The molecule has 1 heterocycles. The number of amides is 2. The summed E-state index contributed by atoms with van der Waals surface area (Å²) in [5.41, 5.74) is 4.05. The minimum atomic E-state index is -0.554. The summed E-state index contributed by atoms with van der Waals surface area (Å²) in [5, 5.41) is 7.01. The fourth-order valence-electron chi connectivity index (χ4n) is 5.03. The van der Waals surface area contributed by atoms with Gasteiger partial charge in [-0.3, -0.25) is 9.59 Å². The Morgan fingerprint density at radius 3 is 2.33 bits per heavy atom. The molecular formula is C32H37ClFN3O2. The molecule has 206 valence electrons. The number of hydrogen-bond donors (Lipinski definition) is 2. The van der Waals surface area contributed by atoms with Gasteiger partial charge in [-0.25, -0.2) is 4.39 Å². The topological polar surface area (TPSA) is 61.4 Å². The van der Waals surface area contributed by atoms with Crippen LogP contribution in [0.4, 0.5) is 15.8 Å². The molecule has 1 saturated heterocycles. The molecule has 0 radical (unpaired) electrons. The fourth-order valence-corrected chi connectivity index (χ4v) is 5.21. The number of nitrogens with one attached hydrogen (secondary N) is 2. The van der Waals surface area contributed by atoms with E-state index in [-0.39, 0.29) is 16.9 Å². The lowest BCUT2D eigenvalue weighted by Crippen LogP contribution is -2.46. The van der Waals surface area contributed by atoms with Crippen molar-refractivity contribution in [2.75, 3.05) is 23.7 Å². The molecule has 2 amide bonds. The molecule has 3 aromatic carbocycles. The molecule has 0 spiro atoms. The zero-order valence-corrected chi connectivity index (χ0v) is 24.0. The van der Waals surface area contributed by atoms with Gasteiger partial charge in [-0.2, -0.15) is 0 Å². The first-order chi connectivity index (χ1) is 18.4. The second kappa shape index (κ2) is 11.8. The first-order valence-electron chi connectivity index (χ1n) is 13.4. The maximum absolute atomic E-state index is 14.9. The van der Waals surface area contributed by atoms with Crippen molar-refractivity contribution in [3.05, 3.63) is 93.8 Å². The number of halogens is 2. The Kier molecular flexibility index (Phi) is 8.65. The first-order valence-corrected chi connectivity index (χ1v) is 13.8. The molecule has 7 heteroatoms. The van der Waals surface area contributed by atoms with E-state index in [0.717, 1.165) is 23.4 Å². The standard InChI is InChI=1S/C32H37ClFN3O2/c1-20-11-14-24(18-26(20)33)36-30(38)25-9-7-17-37(31(39)28-21(2)8-6-10-27(28)34)29(25)22-12-15-23(16-13-22)35-19-32(3,4)5/h6,8,10-16,18,25,29,35H,7,9,17,19H2,1-5H3,(H,36,38)/t25-,29-/m0/s1. The molecule has 2 N–H and O–H groups in total. The SMILES string of the molecule is Cc1ccc(NC(=O)[C@H]2CCCN(C(=O)c3c(C)cccc3F)[C@H]2c2ccc(NCC(C)(C)C)cc2)cc1Cl. The highest BCUT2D eigenvalue weighted by Crippen LogP contribution is 2.39. The Hall–Kier alpha value is -3.38. The van der Waals surface area contributed by atoms with Crippen molar-refractivity contribution in [3.8, 4) is 0 Å². The van der Waals surface area contributed by atoms with Crippen molar-refractivity contribution in [1.82, 2.24) is 4.90 Å². The Labute approximate surface area is 235 Å². The van der Waals surface area contributed by atoms with Crippen LogP contribution >= 0.6 is 11.6 Å². The van der Waals surface area contributed by atoms with E-state index in [1.807, 2.05) is 43.3 Å². The van der Waals surface area contributed by atoms with Crippen molar-refractivity contribution in [2.24, 2.45) is 11.3 Å². The van der Waals surface area contributed by atoms with Gasteiger partial charge in [0.1, 0.15) is 5.82 Å².